The van der Waals surface area contributed by atoms with Gasteiger partial charge in [-0.25, -0.2) is 0 Å². The van der Waals surface area contributed by atoms with Crippen molar-refractivity contribution in [3.05, 3.63) is 108 Å². The highest BCUT2D eigenvalue weighted by Gasteiger charge is 2.60. The number of hydrogen-bond donors (Lipinski definition) is 1. The largest absolute Gasteiger partial charge is 0.377 e. The van der Waals surface area contributed by atoms with Crippen LogP contribution in [0.4, 0.5) is 0 Å². The molecule has 1 N–H and O–H groups in total. The van der Waals surface area contributed by atoms with Crippen LogP contribution < -0.4 is 0 Å². The smallest absolute Gasteiger partial charge is 0.254 e. The zero-order chi connectivity index (χ0) is 22.1. The molecular weight excluding hydrogens is 394 g/mol. The Kier molecular flexibility index (Phi) is 5.33. The Hall–Kier alpha value is -3.35. The molecule has 2 aliphatic rings. The summed E-state index contributed by atoms with van der Waals surface area (Å²) in [4.78, 5) is 16.1. The number of likely N-dealkylation sites (tertiary alicyclic amines) is 1. The minimum Gasteiger partial charge on any atom is -0.377 e. The number of benzene rings is 3. The van der Waals surface area contributed by atoms with Gasteiger partial charge in [0.2, 0.25) is 0 Å². The third-order valence-electron chi connectivity index (χ3n) is 7.29. The lowest BCUT2D eigenvalue weighted by atomic mass is 9.58. The van der Waals surface area contributed by atoms with Crippen LogP contribution >= 0.6 is 0 Å². The molecule has 0 spiro atoms. The van der Waals surface area contributed by atoms with E-state index in [0.717, 1.165) is 30.4 Å². The van der Waals surface area contributed by atoms with Gasteiger partial charge in [-0.3, -0.25) is 4.79 Å². The summed E-state index contributed by atoms with van der Waals surface area (Å²) in [7, 11) is 0. The van der Waals surface area contributed by atoms with Crippen LogP contribution in [0, 0.1) is 24.2 Å². The van der Waals surface area contributed by atoms with Crippen LogP contribution in [0.3, 0.4) is 0 Å². The molecule has 3 aromatic carbocycles. The number of piperidine rings is 1. The summed E-state index contributed by atoms with van der Waals surface area (Å²) < 4.78 is 0. The minimum atomic E-state index is -1.27. The molecule has 1 saturated carbocycles. The number of terminal acetylenes is 1. The van der Waals surface area contributed by atoms with E-state index in [1.54, 1.807) is 0 Å². The monoisotopic (exact) mass is 421 g/mol. The molecule has 4 unspecified atom stereocenters. The van der Waals surface area contributed by atoms with E-state index >= 15 is 0 Å². The maximum Gasteiger partial charge on any atom is 0.254 e. The molecule has 1 aliphatic carbocycles. The molecule has 160 valence electrons. The summed E-state index contributed by atoms with van der Waals surface area (Å²) in [6.07, 6.45) is 8.60. The van der Waals surface area contributed by atoms with Gasteiger partial charge in [0.25, 0.3) is 5.91 Å². The Labute approximate surface area is 189 Å². The standard InChI is InChI=1S/C29H27NO2/c1-2-29(32)24-19-12-20-25(29)27(22-15-8-4-9-16-22)30(26(24)21-13-6-3-7-14-21)28(31)23-17-10-5-11-18-23/h1,3-11,13-18,24-27,32H,12,19-20H2. The lowest BCUT2D eigenvalue weighted by Gasteiger charge is -2.59. The molecule has 4 atom stereocenters. The number of carbonyl (C=O) groups is 1. The number of fused-ring (bicyclic) bond motifs is 2. The highest BCUT2D eigenvalue weighted by Crippen LogP contribution is 2.58. The van der Waals surface area contributed by atoms with Crippen molar-refractivity contribution in [2.45, 2.75) is 36.9 Å². The average molecular weight is 422 g/mol. The Morgan fingerprint density at radius 2 is 1.25 bits per heavy atom. The molecular formula is C29H27NO2. The first-order valence-electron chi connectivity index (χ1n) is 11.3. The Bertz CT molecular complexity index is 1060. The second-order valence-corrected chi connectivity index (χ2v) is 8.90. The second-order valence-electron chi connectivity index (χ2n) is 8.90. The Morgan fingerprint density at radius 1 is 0.812 bits per heavy atom. The maximum atomic E-state index is 14.1. The van der Waals surface area contributed by atoms with Crippen molar-refractivity contribution in [1.29, 1.82) is 0 Å². The maximum absolute atomic E-state index is 14.1. The van der Waals surface area contributed by atoms with Crippen molar-refractivity contribution in [2.75, 3.05) is 0 Å². The number of aliphatic hydroxyl groups is 1. The average Bonchev–Trinajstić information content (AvgIpc) is 2.85. The van der Waals surface area contributed by atoms with Crippen molar-refractivity contribution < 1.29 is 9.90 Å². The van der Waals surface area contributed by atoms with E-state index in [1.165, 1.54) is 0 Å². The van der Waals surface area contributed by atoms with E-state index in [-0.39, 0.29) is 29.8 Å². The lowest BCUT2D eigenvalue weighted by molar-refractivity contribution is -0.147. The zero-order valence-electron chi connectivity index (χ0n) is 18.0. The second kappa shape index (κ2) is 8.30. The molecule has 3 nitrogen and oxygen atoms in total. The van der Waals surface area contributed by atoms with Crippen molar-refractivity contribution in [1.82, 2.24) is 4.90 Å². The van der Waals surface area contributed by atoms with Gasteiger partial charge in [-0.2, -0.15) is 0 Å². The summed E-state index contributed by atoms with van der Waals surface area (Å²) in [6, 6.07) is 28.9. The van der Waals surface area contributed by atoms with Crippen molar-refractivity contribution in [2.24, 2.45) is 11.8 Å². The lowest BCUT2D eigenvalue weighted by Crippen LogP contribution is -2.62. The fraction of sp³-hybridized carbons (Fsp3) is 0.276. The van der Waals surface area contributed by atoms with Gasteiger partial charge >= 0.3 is 0 Å². The van der Waals surface area contributed by atoms with Gasteiger partial charge in [-0.15, -0.1) is 6.42 Å². The summed E-state index contributed by atoms with van der Waals surface area (Å²) in [5.74, 6) is 2.33. The topological polar surface area (TPSA) is 40.5 Å². The normalized spacial score (nSPS) is 29.2. The molecule has 3 aromatic rings. The number of rotatable bonds is 3. The Balaban J connectivity index is 1.75. The molecule has 1 heterocycles. The Morgan fingerprint density at radius 3 is 1.69 bits per heavy atom. The van der Waals surface area contributed by atoms with Gasteiger partial charge in [0.15, 0.2) is 0 Å². The van der Waals surface area contributed by atoms with Gasteiger partial charge in [0.05, 0.1) is 12.1 Å². The van der Waals surface area contributed by atoms with Crippen LogP contribution in [0.2, 0.25) is 0 Å². The third kappa shape index (κ3) is 3.23. The summed E-state index contributed by atoms with van der Waals surface area (Å²) in [5, 5.41) is 11.9. The summed E-state index contributed by atoms with van der Waals surface area (Å²) in [6.45, 7) is 0. The highest BCUT2D eigenvalue weighted by atomic mass is 16.3. The van der Waals surface area contributed by atoms with E-state index in [1.807, 2.05) is 95.9 Å². The zero-order valence-corrected chi connectivity index (χ0v) is 18.0. The molecule has 0 aromatic heterocycles. The predicted octanol–water partition coefficient (Wildman–Crippen LogP) is 5.41. The molecule has 2 fully saturated rings. The number of amides is 1. The predicted molar refractivity (Wildman–Crippen MR) is 126 cm³/mol. The molecule has 3 heteroatoms. The molecule has 32 heavy (non-hydrogen) atoms. The fourth-order valence-electron chi connectivity index (χ4n) is 5.91. The van der Waals surface area contributed by atoms with Crippen LogP contribution in [0.15, 0.2) is 91.0 Å². The molecule has 1 aliphatic heterocycles. The van der Waals surface area contributed by atoms with Crippen molar-refractivity contribution in [3.8, 4) is 12.3 Å². The van der Waals surface area contributed by atoms with E-state index in [9.17, 15) is 9.90 Å². The first kappa shape index (κ1) is 20.5. The van der Waals surface area contributed by atoms with Crippen molar-refractivity contribution in [3.63, 3.8) is 0 Å². The van der Waals surface area contributed by atoms with E-state index in [0.29, 0.717) is 5.56 Å². The molecule has 1 amide bonds. The number of carbonyl (C=O) groups excluding carboxylic acids is 1. The van der Waals surface area contributed by atoms with Gasteiger partial charge in [-0.1, -0.05) is 91.2 Å². The van der Waals surface area contributed by atoms with Crippen LogP contribution in [0.1, 0.15) is 52.8 Å². The number of nitrogens with zero attached hydrogens (tertiary/aromatic N) is 1. The molecule has 0 radical (unpaired) electrons. The van der Waals surface area contributed by atoms with Gasteiger partial charge in [0.1, 0.15) is 5.60 Å². The van der Waals surface area contributed by atoms with Crippen LogP contribution in [-0.4, -0.2) is 21.5 Å². The summed E-state index contributed by atoms with van der Waals surface area (Å²) >= 11 is 0. The van der Waals surface area contributed by atoms with Crippen LogP contribution in [0.25, 0.3) is 0 Å². The van der Waals surface area contributed by atoms with Crippen LogP contribution in [-0.2, 0) is 0 Å². The number of hydrogen-bond acceptors (Lipinski definition) is 2. The van der Waals surface area contributed by atoms with E-state index < -0.39 is 5.60 Å². The third-order valence-corrected chi connectivity index (χ3v) is 7.29. The fourth-order valence-corrected chi connectivity index (χ4v) is 5.91. The van der Waals surface area contributed by atoms with Gasteiger partial charge in [0, 0.05) is 17.4 Å². The quantitative estimate of drug-likeness (QED) is 0.575. The molecule has 5 rings (SSSR count). The SMILES string of the molecule is C#CC1(O)C2CCCC1C(c1ccccc1)N(C(=O)c1ccccc1)C2c1ccccc1. The van der Waals surface area contributed by atoms with Gasteiger partial charge < -0.3 is 10.0 Å². The molecule has 2 bridgehead atoms. The molecule has 1 saturated heterocycles. The first-order chi connectivity index (χ1) is 15.6. The van der Waals surface area contributed by atoms with Crippen molar-refractivity contribution >= 4 is 5.91 Å². The minimum absolute atomic E-state index is 0.0238. The van der Waals surface area contributed by atoms with Gasteiger partial charge in [-0.05, 0) is 36.1 Å². The van der Waals surface area contributed by atoms with E-state index in [2.05, 4.69) is 5.92 Å². The highest BCUT2D eigenvalue weighted by molar-refractivity contribution is 5.95. The van der Waals surface area contributed by atoms with E-state index in [4.69, 9.17) is 6.42 Å². The summed E-state index contributed by atoms with van der Waals surface area (Å²) in [5.41, 5.74) is 1.40. The first-order valence-corrected chi connectivity index (χ1v) is 11.3. The van der Waals surface area contributed by atoms with Crippen LogP contribution in [0.5, 0.6) is 0 Å².